The molecule has 0 unspecified atom stereocenters. The average molecular weight is 396 g/mol. The Bertz CT molecular complexity index is 941. The summed E-state index contributed by atoms with van der Waals surface area (Å²) >= 11 is 0. The molecule has 7 nitrogen and oxygen atoms in total. The van der Waals surface area contributed by atoms with Gasteiger partial charge in [0.2, 0.25) is 0 Å². The average Bonchev–Trinajstić information content (AvgIpc) is 3.39. The number of benzene rings is 1. The zero-order chi connectivity index (χ0) is 20.3. The molecule has 154 valence electrons. The Hall–Kier alpha value is -2.64. The zero-order valence-electron chi connectivity index (χ0n) is 17.0. The lowest BCUT2D eigenvalue weighted by atomic mass is 9.87. The monoisotopic (exact) mass is 396 g/mol. The van der Waals surface area contributed by atoms with E-state index in [1.54, 1.807) is 7.11 Å². The van der Waals surface area contributed by atoms with Crippen LogP contribution in [0, 0.1) is 0 Å². The fourth-order valence-corrected chi connectivity index (χ4v) is 3.86. The number of likely N-dealkylation sites (tertiary alicyclic amines) is 1. The molecule has 1 aliphatic rings. The van der Waals surface area contributed by atoms with Gasteiger partial charge in [-0.1, -0.05) is 17.3 Å². The summed E-state index contributed by atoms with van der Waals surface area (Å²) in [4.78, 5) is 2.37. The summed E-state index contributed by atoms with van der Waals surface area (Å²) in [5, 5.41) is 19.6. The van der Waals surface area contributed by atoms with Crippen molar-refractivity contribution in [1.82, 2.24) is 19.8 Å². The molecular formula is C22H28N4O3. The summed E-state index contributed by atoms with van der Waals surface area (Å²) in [5.41, 5.74) is 2.16. The van der Waals surface area contributed by atoms with Crippen LogP contribution in [-0.2, 0) is 19.5 Å². The van der Waals surface area contributed by atoms with Crippen LogP contribution in [0.15, 0.2) is 47.2 Å². The minimum absolute atomic E-state index is 0.478. The summed E-state index contributed by atoms with van der Waals surface area (Å²) in [6, 6.07) is 9.63. The molecular weight excluding hydrogens is 368 g/mol. The SMILES string of the molecule is CCn1cc(CN2CCC(O)(Cc3cc(-c4cccc(OC)c4)no3)CC2)cn1. The number of ether oxygens (including phenoxy) is 1. The van der Waals surface area contributed by atoms with Gasteiger partial charge in [-0.2, -0.15) is 5.10 Å². The van der Waals surface area contributed by atoms with Crippen molar-refractivity contribution in [2.45, 2.75) is 44.9 Å². The third kappa shape index (κ3) is 4.68. The first kappa shape index (κ1) is 19.7. The number of aryl methyl sites for hydroxylation is 1. The second-order valence-corrected chi connectivity index (χ2v) is 7.79. The molecule has 7 heteroatoms. The van der Waals surface area contributed by atoms with Crippen molar-refractivity contribution in [3.63, 3.8) is 0 Å². The van der Waals surface area contributed by atoms with E-state index in [2.05, 4.69) is 28.3 Å². The van der Waals surface area contributed by atoms with Gasteiger partial charge in [-0.05, 0) is 31.9 Å². The van der Waals surface area contributed by atoms with E-state index >= 15 is 0 Å². The number of rotatable bonds is 7. The van der Waals surface area contributed by atoms with Crippen LogP contribution in [-0.4, -0.2) is 50.7 Å². The van der Waals surface area contributed by atoms with Crippen molar-refractivity contribution in [1.29, 1.82) is 0 Å². The lowest BCUT2D eigenvalue weighted by Crippen LogP contribution is -2.45. The van der Waals surface area contributed by atoms with E-state index in [0.29, 0.717) is 25.0 Å². The largest absolute Gasteiger partial charge is 0.497 e. The first-order valence-electron chi connectivity index (χ1n) is 10.1. The quantitative estimate of drug-likeness (QED) is 0.661. The Morgan fingerprint density at radius 3 is 2.79 bits per heavy atom. The minimum Gasteiger partial charge on any atom is -0.497 e. The summed E-state index contributed by atoms with van der Waals surface area (Å²) in [5.74, 6) is 1.49. The molecule has 29 heavy (non-hydrogen) atoms. The molecule has 0 radical (unpaired) electrons. The van der Waals surface area contributed by atoms with E-state index in [0.717, 1.165) is 43.2 Å². The number of hydrogen-bond donors (Lipinski definition) is 1. The molecule has 1 aromatic carbocycles. The third-order valence-corrected chi connectivity index (χ3v) is 5.63. The van der Waals surface area contributed by atoms with Crippen molar-refractivity contribution in [2.24, 2.45) is 0 Å². The standard InChI is InChI=1S/C22H28N4O3/c1-3-26-16-17(14-23-26)15-25-9-7-22(27,8-10-25)13-20-12-21(24-29-20)18-5-4-6-19(11-18)28-2/h4-6,11-12,14,16,27H,3,7-10,13,15H2,1-2H3. The molecule has 1 aliphatic heterocycles. The number of methoxy groups -OCH3 is 1. The summed E-state index contributed by atoms with van der Waals surface area (Å²) < 4.78 is 12.7. The number of aliphatic hydroxyl groups is 1. The molecule has 3 heterocycles. The second-order valence-electron chi connectivity index (χ2n) is 7.79. The summed E-state index contributed by atoms with van der Waals surface area (Å²) in [6.07, 6.45) is 5.92. The van der Waals surface area contributed by atoms with Crippen LogP contribution < -0.4 is 4.74 Å². The first-order valence-corrected chi connectivity index (χ1v) is 10.1. The first-order chi connectivity index (χ1) is 14.1. The topological polar surface area (TPSA) is 76.5 Å². The maximum Gasteiger partial charge on any atom is 0.140 e. The molecule has 4 rings (SSSR count). The van der Waals surface area contributed by atoms with Gasteiger partial charge >= 0.3 is 0 Å². The van der Waals surface area contributed by atoms with E-state index in [9.17, 15) is 5.11 Å². The fourth-order valence-electron chi connectivity index (χ4n) is 3.86. The van der Waals surface area contributed by atoms with Crippen LogP contribution in [0.1, 0.15) is 31.1 Å². The predicted molar refractivity (Wildman–Crippen MR) is 110 cm³/mol. The molecule has 1 saturated heterocycles. The molecule has 0 aliphatic carbocycles. The molecule has 2 aromatic heterocycles. The highest BCUT2D eigenvalue weighted by molar-refractivity contribution is 5.60. The highest BCUT2D eigenvalue weighted by atomic mass is 16.5. The smallest absolute Gasteiger partial charge is 0.140 e. The molecule has 0 amide bonds. The molecule has 0 bridgehead atoms. The van der Waals surface area contributed by atoms with Gasteiger partial charge in [0, 0.05) is 56.0 Å². The summed E-state index contributed by atoms with van der Waals surface area (Å²) in [6.45, 7) is 5.55. The number of nitrogens with zero attached hydrogens (tertiary/aromatic N) is 4. The molecule has 1 fully saturated rings. The normalized spacial score (nSPS) is 16.8. The molecule has 0 spiro atoms. The van der Waals surface area contributed by atoms with Crippen LogP contribution in [0.4, 0.5) is 0 Å². The van der Waals surface area contributed by atoms with Crippen LogP contribution >= 0.6 is 0 Å². The highest BCUT2D eigenvalue weighted by Gasteiger charge is 2.34. The van der Waals surface area contributed by atoms with E-state index in [-0.39, 0.29) is 0 Å². The van der Waals surface area contributed by atoms with E-state index in [4.69, 9.17) is 9.26 Å². The van der Waals surface area contributed by atoms with Crippen molar-refractivity contribution in [3.05, 3.63) is 54.0 Å². The Labute approximate surface area is 170 Å². The zero-order valence-corrected chi connectivity index (χ0v) is 17.0. The van der Waals surface area contributed by atoms with Crippen molar-refractivity contribution >= 4 is 0 Å². The lowest BCUT2D eigenvalue weighted by Gasteiger charge is -2.37. The van der Waals surface area contributed by atoms with E-state index < -0.39 is 5.60 Å². The predicted octanol–water partition coefficient (Wildman–Crippen LogP) is 3.14. The van der Waals surface area contributed by atoms with Gasteiger partial charge in [0.05, 0.1) is 18.9 Å². The Balaban J connectivity index is 1.34. The fraction of sp³-hybridized carbons (Fsp3) is 0.455. The third-order valence-electron chi connectivity index (χ3n) is 5.63. The van der Waals surface area contributed by atoms with Gasteiger partial charge in [-0.3, -0.25) is 9.58 Å². The Morgan fingerprint density at radius 1 is 1.24 bits per heavy atom. The molecule has 1 N–H and O–H groups in total. The highest BCUT2D eigenvalue weighted by Crippen LogP contribution is 2.29. The lowest BCUT2D eigenvalue weighted by molar-refractivity contribution is -0.0265. The van der Waals surface area contributed by atoms with Gasteiger partial charge < -0.3 is 14.4 Å². The molecule has 0 atom stereocenters. The number of hydrogen-bond acceptors (Lipinski definition) is 6. The Kier molecular flexibility index (Phi) is 5.69. The van der Waals surface area contributed by atoms with Crippen LogP contribution in [0.5, 0.6) is 5.75 Å². The molecule has 3 aromatic rings. The van der Waals surface area contributed by atoms with Gasteiger partial charge in [0.25, 0.3) is 0 Å². The van der Waals surface area contributed by atoms with E-state index in [1.165, 1.54) is 5.56 Å². The van der Waals surface area contributed by atoms with Gasteiger partial charge in [0.1, 0.15) is 17.2 Å². The van der Waals surface area contributed by atoms with Crippen LogP contribution in [0.2, 0.25) is 0 Å². The van der Waals surface area contributed by atoms with Gasteiger partial charge in [0.15, 0.2) is 0 Å². The second kappa shape index (κ2) is 8.39. The van der Waals surface area contributed by atoms with Crippen molar-refractivity contribution in [3.8, 4) is 17.0 Å². The van der Waals surface area contributed by atoms with Gasteiger partial charge in [-0.15, -0.1) is 0 Å². The minimum atomic E-state index is -0.755. The molecule has 0 saturated carbocycles. The number of aromatic nitrogens is 3. The van der Waals surface area contributed by atoms with E-state index in [1.807, 2.05) is 41.2 Å². The van der Waals surface area contributed by atoms with Crippen molar-refractivity contribution < 1.29 is 14.4 Å². The maximum atomic E-state index is 11.1. The van der Waals surface area contributed by atoms with Crippen LogP contribution in [0.3, 0.4) is 0 Å². The summed E-state index contributed by atoms with van der Waals surface area (Å²) in [7, 11) is 1.64. The maximum absolute atomic E-state index is 11.1. The van der Waals surface area contributed by atoms with Crippen molar-refractivity contribution in [2.75, 3.05) is 20.2 Å². The van der Waals surface area contributed by atoms with Crippen LogP contribution in [0.25, 0.3) is 11.3 Å². The van der Waals surface area contributed by atoms with Gasteiger partial charge in [-0.25, -0.2) is 0 Å². The Morgan fingerprint density at radius 2 is 2.07 bits per heavy atom. The number of piperidine rings is 1.